The van der Waals surface area contributed by atoms with Gasteiger partial charge in [-0.3, -0.25) is 0 Å². The van der Waals surface area contributed by atoms with Crippen LogP contribution in [0.15, 0.2) is 42.5 Å². The molecule has 0 bridgehead atoms. The van der Waals surface area contributed by atoms with E-state index >= 15 is 8.78 Å². The van der Waals surface area contributed by atoms with Crippen LogP contribution in [0.1, 0.15) is 97.1 Å². The molecule has 0 heterocycles. The van der Waals surface area contributed by atoms with E-state index in [1.165, 1.54) is 18.2 Å². The Hall–Kier alpha value is -3.03. The number of alkyl halides is 3. The number of hydrogen-bond acceptors (Lipinski definition) is 1. The van der Waals surface area contributed by atoms with E-state index in [0.29, 0.717) is 86.5 Å². The Bertz CT molecular complexity index is 1390. The van der Waals surface area contributed by atoms with Gasteiger partial charge in [0, 0.05) is 5.56 Å². The van der Waals surface area contributed by atoms with Crippen LogP contribution in [-0.4, -0.2) is 6.36 Å². The maximum Gasteiger partial charge on any atom is 0.573 e. The highest BCUT2D eigenvalue weighted by molar-refractivity contribution is 5.39. The first-order valence-electron chi connectivity index (χ1n) is 14.8. The van der Waals surface area contributed by atoms with Crippen molar-refractivity contribution in [3.05, 3.63) is 99.1 Å². The Labute approximate surface area is 242 Å². The van der Waals surface area contributed by atoms with E-state index in [0.717, 1.165) is 12.0 Å². The van der Waals surface area contributed by atoms with E-state index in [1.807, 2.05) is 6.92 Å². The molecule has 226 valence electrons. The molecular formula is C34H35F7O. The first-order valence-corrected chi connectivity index (χ1v) is 14.8. The fourth-order valence-electron chi connectivity index (χ4n) is 6.86. The summed E-state index contributed by atoms with van der Waals surface area (Å²) < 4.78 is 101. The van der Waals surface area contributed by atoms with Crippen LogP contribution in [0.3, 0.4) is 0 Å². The van der Waals surface area contributed by atoms with E-state index in [9.17, 15) is 22.0 Å². The number of ether oxygens (including phenoxy) is 1. The Morgan fingerprint density at radius 1 is 0.762 bits per heavy atom. The van der Waals surface area contributed by atoms with Crippen molar-refractivity contribution in [3.8, 4) is 5.75 Å². The minimum atomic E-state index is -4.75. The fraction of sp³-hybridized carbons (Fsp3) is 0.471. The van der Waals surface area contributed by atoms with Crippen molar-refractivity contribution in [1.82, 2.24) is 0 Å². The molecule has 1 fully saturated rings. The molecule has 1 nitrogen and oxygen atoms in total. The molecule has 0 aliphatic heterocycles. The van der Waals surface area contributed by atoms with Gasteiger partial charge in [0.15, 0.2) is 11.6 Å². The predicted octanol–water partition coefficient (Wildman–Crippen LogP) is 10.3. The van der Waals surface area contributed by atoms with Crippen LogP contribution >= 0.6 is 0 Å². The molecule has 0 aromatic heterocycles. The smallest absolute Gasteiger partial charge is 0.406 e. The number of benzene rings is 3. The van der Waals surface area contributed by atoms with Crippen molar-refractivity contribution in [1.29, 1.82) is 0 Å². The molecule has 0 radical (unpaired) electrons. The lowest BCUT2D eigenvalue weighted by Crippen LogP contribution is -2.21. The van der Waals surface area contributed by atoms with Gasteiger partial charge in [-0.15, -0.1) is 13.2 Å². The summed E-state index contributed by atoms with van der Waals surface area (Å²) >= 11 is 0. The summed E-state index contributed by atoms with van der Waals surface area (Å²) in [4.78, 5) is 0. The van der Waals surface area contributed by atoms with E-state index in [1.54, 1.807) is 24.3 Å². The van der Waals surface area contributed by atoms with Gasteiger partial charge in [-0.05, 0) is 128 Å². The summed E-state index contributed by atoms with van der Waals surface area (Å²) in [6.45, 7) is 1.91. The maximum atomic E-state index is 15.7. The first kappa shape index (κ1) is 30.4. The highest BCUT2D eigenvalue weighted by Gasteiger charge is 2.33. The van der Waals surface area contributed by atoms with E-state index in [2.05, 4.69) is 4.74 Å². The SMILES string of the molecule is CCCc1ccc(CCC2CCc3c(cc(F)c(C4CCC(c5ccc(OC(F)(F)F)cc5)CC4)c3F)C2)c(F)c1F. The van der Waals surface area contributed by atoms with Crippen molar-refractivity contribution in [2.45, 2.75) is 95.8 Å². The number of fused-ring (bicyclic) bond motifs is 1. The minimum absolute atomic E-state index is 0.104. The van der Waals surface area contributed by atoms with E-state index in [4.69, 9.17) is 0 Å². The third-order valence-corrected chi connectivity index (χ3v) is 9.06. The molecule has 3 aromatic rings. The zero-order valence-electron chi connectivity index (χ0n) is 23.6. The Morgan fingerprint density at radius 2 is 1.38 bits per heavy atom. The molecule has 1 saturated carbocycles. The molecule has 2 aliphatic rings. The van der Waals surface area contributed by atoms with Gasteiger partial charge in [-0.2, -0.15) is 0 Å². The van der Waals surface area contributed by atoms with E-state index in [-0.39, 0.29) is 29.1 Å². The zero-order chi connectivity index (χ0) is 30.0. The first-order chi connectivity index (χ1) is 20.0. The normalized spacial score (nSPS) is 20.8. The highest BCUT2D eigenvalue weighted by atomic mass is 19.4. The van der Waals surface area contributed by atoms with Gasteiger partial charge >= 0.3 is 6.36 Å². The van der Waals surface area contributed by atoms with Gasteiger partial charge in [0.1, 0.15) is 17.4 Å². The highest BCUT2D eigenvalue weighted by Crippen LogP contribution is 2.44. The number of rotatable bonds is 8. The van der Waals surface area contributed by atoms with Gasteiger partial charge in [0.05, 0.1) is 0 Å². The van der Waals surface area contributed by atoms with Gasteiger partial charge < -0.3 is 4.74 Å². The lowest BCUT2D eigenvalue weighted by Gasteiger charge is -2.32. The summed E-state index contributed by atoms with van der Waals surface area (Å²) in [5.41, 5.74) is 2.97. The Balaban J connectivity index is 1.20. The Morgan fingerprint density at radius 3 is 2.00 bits per heavy atom. The van der Waals surface area contributed by atoms with Gasteiger partial charge in [0.25, 0.3) is 0 Å². The third kappa shape index (κ3) is 6.78. The number of halogens is 7. The van der Waals surface area contributed by atoms with Crippen molar-refractivity contribution in [3.63, 3.8) is 0 Å². The lowest BCUT2D eigenvalue weighted by atomic mass is 9.74. The summed E-state index contributed by atoms with van der Waals surface area (Å²) in [7, 11) is 0. The van der Waals surface area contributed by atoms with E-state index < -0.39 is 29.6 Å². The van der Waals surface area contributed by atoms with Gasteiger partial charge in [-0.25, -0.2) is 17.6 Å². The molecule has 1 unspecified atom stereocenters. The van der Waals surface area contributed by atoms with Gasteiger partial charge in [-0.1, -0.05) is 37.6 Å². The van der Waals surface area contributed by atoms with Crippen molar-refractivity contribution < 1.29 is 35.5 Å². The second-order valence-corrected chi connectivity index (χ2v) is 11.8. The summed E-state index contributed by atoms with van der Waals surface area (Å²) in [6.07, 6.45) is 1.67. The van der Waals surface area contributed by atoms with Crippen LogP contribution in [0.25, 0.3) is 0 Å². The summed E-state index contributed by atoms with van der Waals surface area (Å²) in [5.74, 6) is -2.87. The van der Waals surface area contributed by atoms with Crippen LogP contribution in [0, 0.1) is 29.2 Å². The topological polar surface area (TPSA) is 9.23 Å². The van der Waals surface area contributed by atoms with Crippen LogP contribution < -0.4 is 4.74 Å². The van der Waals surface area contributed by atoms with Crippen molar-refractivity contribution >= 4 is 0 Å². The minimum Gasteiger partial charge on any atom is -0.406 e. The van der Waals surface area contributed by atoms with Crippen LogP contribution in [0.4, 0.5) is 30.7 Å². The third-order valence-electron chi connectivity index (χ3n) is 9.06. The maximum absolute atomic E-state index is 15.7. The largest absolute Gasteiger partial charge is 0.573 e. The fourth-order valence-corrected chi connectivity index (χ4v) is 6.86. The molecule has 42 heavy (non-hydrogen) atoms. The van der Waals surface area contributed by atoms with Crippen LogP contribution in [0.5, 0.6) is 5.75 Å². The molecule has 2 aliphatic carbocycles. The average molecular weight is 593 g/mol. The van der Waals surface area contributed by atoms with Crippen LogP contribution in [-0.2, 0) is 25.7 Å². The van der Waals surface area contributed by atoms with Crippen molar-refractivity contribution in [2.24, 2.45) is 5.92 Å². The molecule has 1 atom stereocenters. The molecule has 3 aromatic carbocycles. The number of aryl methyl sites for hydroxylation is 2. The molecule has 0 amide bonds. The summed E-state index contributed by atoms with van der Waals surface area (Å²) in [6, 6.07) is 10.6. The molecule has 0 saturated heterocycles. The molecular weight excluding hydrogens is 557 g/mol. The van der Waals surface area contributed by atoms with Crippen molar-refractivity contribution in [2.75, 3.05) is 0 Å². The predicted molar refractivity (Wildman–Crippen MR) is 148 cm³/mol. The Kier molecular flexibility index (Phi) is 9.19. The quantitative estimate of drug-likeness (QED) is 0.237. The standard InChI is InChI=1S/C34H35F7O/c1-2-3-24-11-12-25(32(37)31(24)36)6-4-20-5-17-28-26(18-20)19-29(35)30(33(28)38)23-9-7-21(8-10-23)22-13-15-27(16-14-22)42-34(39,40)41/h11-16,19-21,23H,2-10,17-18H2,1H3. The second-order valence-electron chi connectivity index (χ2n) is 11.8. The van der Waals surface area contributed by atoms with Crippen LogP contribution in [0.2, 0.25) is 0 Å². The second kappa shape index (κ2) is 12.7. The number of hydrogen-bond donors (Lipinski definition) is 0. The zero-order valence-corrected chi connectivity index (χ0v) is 23.6. The average Bonchev–Trinajstić information content (AvgIpc) is 2.95. The molecule has 0 N–H and O–H groups in total. The molecule has 5 rings (SSSR count). The monoisotopic (exact) mass is 592 g/mol. The summed E-state index contributed by atoms with van der Waals surface area (Å²) in [5, 5.41) is 0. The lowest BCUT2D eigenvalue weighted by molar-refractivity contribution is -0.274. The molecule has 0 spiro atoms. The van der Waals surface area contributed by atoms with Gasteiger partial charge in [0.2, 0.25) is 0 Å². The molecule has 8 heteroatoms.